The largest absolute Gasteiger partial charge is 0.368 e. The lowest BCUT2D eigenvalue weighted by atomic mass is 9.94. The number of carbonyl (C=O) groups excluding carboxylic acids is 1. The number of rotatable bonds is 4. The fraction of sp³-hybridized carbons (Fsp3) is 0.545. The highest BCUT2D eigenvalue weighted by atomic mass is 16.1. The second kappa shape index (κ2) is 3.83. The van der Waals surface area contributed by atoms with Gasteiger partial charge in [0.2, 0.25) is 5.91 Å². The first-order valence-corrected chi connectivity index (χ1v) is 5.39. The molecule has 1 aliphatic rings. The predicted molar refractivity (Wildman–Crippen MR) is 59.5 cm³/mol. The monoisotopic (exact) mass is 220 g/mol. The van der Waals surface area contributed by atoms with Crippen LogP contribution in [-0.2, 0) is 10.3 Å². The van der Waals surface area contributed by atoms with Crippen LogP contribution in [0.25, 0.3) is 0 Å². The molecule has 0 bridgehead atoms. The number of nitrogens with zero attached hydrogens (tertiary/aromatic N) is 2. The van der Waals surface area contributed by atoms with Crippen LogP contribution in [0.5, 0.6) is 0 Å². The molecule has 1 fully saturated rings. The molecule has 16 heavy (non-hydrogen) atoms. The fourth-order valence-electron chi connectivity index (χ4n) is 1.79. The molecule has 1 saturated carbocycles. The molecule has 0 spiro atoms. The van der Waals surface area contributed by atoms with Gasteiger partial charge in [-0.1, -0.05) is 0 Å². The van der Waals surface area contributed by atoms with E-state index in [1.807, 2.05) is 6.92 Å². The van der Waals surface area contributed by atoms with Crippen LogP contribution in [0.2, 0.25) is 0 Å². The Balaban J connectivity index is 2.38. The van der Waals surface area contributed by atoms with E-state index in [4.69, 9.17) is 5.73 Å². The number of aryl methyl sites for hydroxylation is 1. The lowest BCUT2D eigenvalue weighted by Crippen LogP contribution is -2.52. The molecular weight excluding hydrogens is 204 g/mol. The van der Waals surface area contributed by atoms with Crippen LogP contribution < -0.4 is 11.1 Å². The van der Waals surface area contributed by atoms with Crippen molar-refractivity contribution in [3.8, 4) is 0 Å². The molecule has 0 radical (unpaired) electrons. The van der Waals surface area contributed by atoms with Crippen LogP contribution in [0.4, 0.5) is 0 Å². The summed E-state index contributed by atoms with van der Waals surface area (Å²) < 4.78 is 0. The van der Waals surface area contributed by atoms with Crippen LogP contribution in [0.3, 0.4) is 0 Å². The molecular formula is C11H16N4O. The maximum atomic E-state index is 11.6. The van der Waals surface area contributed by atoms with Crippen molar-refractivity contribution in [2.75, 3.05) is 0 Å². The Hall–Kier alpha value is -1.49. The lowest BCUT2D eigenvalue weighted by molar-refractivity contribution is -0.124. The number of amides is 1. The van der Waals surface area contributed by atoms with Crippen LogP contribution in [0.15, 0.2) is 12.4 Å². The average molecular weight is 220 g/mol. The van der Waals surface area contributed by atoms with Crippen molar-refractivity contribution in [3.63, 3.8) is 0 Å². The molecule has 1 atom stereocenters. The molecule has 2 rings (SSSR count). The van der Waals surface area contributed by atoms with Crippen molar-refractivity contribution in [3.05, 3.63) is 23.8 Å². The molecule has 1 aromatic heterocycles. The maximum Gasteiger partial charge on any atom is 0.243 e. The van der Waals surface area contributed by atoms with Crippen molar-refractivity contribution in [1.82, 2.24) is 15.3 Å². The Morgan fingerprint density at radius 1 is 1.50 bits per heavy atom. The normalized spacial score (nSPS) is 19.1. The molecule has 5 heteroatoms. The van der Waals surface area contributed by atoms with Gasteiger partial charge in [0.05, 0.1) is 11.4 Å². The first-order valence-electron chi connectivity index (χ1n) is 5.39. The van der Waals surface area contributed by atoms with Gasteiger partial charge in [-0.25, -0.2) is 0 Å². The summed E-state index contributed by atoms with van der Waals surface area (Å²) in [5, 5.41) is 3.25. The van der Waals surface area contributed by atoms with Gasteiger partial charge in [0.1, 0.15) is 5.54 Å². The third-order valence-corrected chi connectivity index (χ3v) is 2.92. The molecule has 3 N–H and O–H groups in total. The van der Waals surface area contributed by atoms with Gasteiger partial charge in [-0.15, -0.1) is 0 Å². The molecule has 1 unspecified atom stereocenters. The van der Waals surface area contributed by atoms with E-state index in [9.17, 15) is 4.79 Å². The maximum absolute atomic E-state index is 11.6. The number of primary amides is 1. The molecule has 0 saturated heterocycles. The van der Waals surface area contributed by atoms with Crippen LogP contribution >= 0.6 is 0 Å². The number of hydrogen-bond acceptors (Lipinski definition) is 4. The summed E-state index contributed by atoms with van der Waals surface area (Å²) in [6.45, 7) is 3.60. The molecule has 0 aliphatic heterocycles. The van der Waals surface area contributed by atoms with Crippen LogP contribution in [-0.4, -0.2) is 21.9 Å². The Kier molecular flexibility index (Phi) is 2.63. The van der Waals surface area contributed by atoms with Crippen molar-refractivity contribution in [2.24, 2.45) is 5.73 Å². The third kappa shape index (κ3) is 1.90. The minimum Gasteiger partial charge on any atom is -0.368 e. The van der Waals surface area contributed by atoms with Crippen LogP contribution in [0, 0.1) is 6.92 Å². The quantitative estimate of drug-likeness (QED) is 0.761. The van der Waals surface area contributed by atoms with Crippen molar-refractivity contribution >= 4 is 5.91 Å². The third-order valence-electron chi connectivity index (χ3n) is 2.92. The standard InChI is InChI=1S/C11H16N4O/c1-7-9(14-6-5-13-7)11(2,10(12)16)15-8-3-4-8/h5-6,8,15H,3-4H2,1-2H3,(H2,12,16). The summed E-state index contributed by atoms with van der Waals surface area (Å²) in [4.78, 5) is 20.0. The molecule has 86 valence electrons. The van der Waals surface area contributed by atoms with E-state index in [-0.39, 0.29) is 0 Å². The van der Waals surface area contributed by atoms with Gasteiger partial charge in [0, 0.05) is 18.4 Å². The molecule has 0 aromatic carbocycles. The highest BCUT2D eigenvalue weighted by Gasteiger charge is 2.40. The fourth-order valence-corrected chi connectivity index (χ4v) is 1.79. The zero-order valence-electron chi connectivity index (χ0n) is 9.53. The van der Waals surface area contributed by atoms with Crippen molar-refractivity contribution < 1.29 is 4.79 Å². The van der Waals surface area contributed by atoms with Gasteiger partial charge in [0.25, 0.3) is 0 Å². The highest BCUT2D eigenvalue weighted by molar-refractivity contribution is 5.85. The molecule has 1 heterocycles. The van der Waals surface area contributed by atoms with E-state index in [1.54, 1.807) is 19.3 Å². The van der Waals surface area contributed by atoms with Gasteiger partial charge in [-0.3, -0.25) is 20.1 Å². The number of carbonyl (C=O) groups is 1. The lowest BCUT2D eigenvalue weighted by Gasteiger charge is -2.27. The predicted octanol–water partition coefficient (Wildman–Crippen LogP) is 0.238. The Morgan fingerprint density at radius 2 is 2.12 bits per heavy atom. The number of hydrogen-bond donors (Lipinski definition) is 2. The zero-order valence-corrected chi connectivity index (χ0v) is 9.53. The van der Waals surface area contributed by atoms with Crippen molar-refractivity contribution in [2.45, 2.75) is 38.3 Å². The summed E-state index contributed by atoms with van der Waals surface area (Å²) in [6, 6.07) is 0.374. The SMILES string of the molecule is Cc1nccnc1C(C)(NC1CC1)C(N)=O. The minimum absolute atomic E-state index is 0.374. The number of aromatic nitrogens is 2. The summed E-state index contributed by atoms with van der Waals surface area (Å²) in [5.41, 5.74) is 5.91. The summed E-state index contributed by atoms with van der Waals surface area (Å²) in [7, 11) is 0. The summed E-state index contributed by atoms with van der Waals surface area (Å²) >= 11 is 0. The van der Waals surface area contributed by atoms with Gasteiger partial charge in [-0.05, 0) is 26.7 Å². The van der Waals surface area contributed by atoms with Gasteiger partial charge in [-0.2, -0.15) is 0 Å². The van der Waals surface area contributed by atoms with Gasteiger partial charge >= 0.3 is 0 Å². The van der Waals surface area contributed by atoms with E-state index in [1.165, 1.54) is 0 Å². The van der Waals surface area contributed by atoms with Gasteiger partial charge < -0.3 is 5.73 Å². The minimum atomic E-state index is -0.917. The average Bonchev–Trinajstić information content (AvgIpc) is 3.01. The molecule has 1 aliphatic carbocycles. The summed E-state index contributed by atoms with van der Waals surface area (Å²) in [5.74, 6) is -0.414. The molecule has 1 amide bonds. The van der Waals surface area contributed by atoms with E-state index < -0.39 is 11.4 Å². The van der Waals surface area contributed by atoms with Crippen molar-refractivity contribution in [1.29, 1.82) is 0 Å². The Bertz CT molecular complexity index is 416. The smallest absolute Gasteiger partial charge is 0.243 e. The number of nitrogens with one attached hydrogen (secondary N) is 1. The Morgan fingerprint density at radius 3 is 2.62 bits per heavy atom. The second-order valence-corrected chi connectivity index (χ2v) is 4.40. The first kappa shape index (κ1) is 11.0. The topological polar surface area (TPSA) is 80.9 Å². The van der Waals surface area contributed by atoms with Gasteiger partial charge in [0.15, 0.2) is 0 Å². The number of nitrogens with two attached hydrogens (primary N) is 1. The zero-order chi connectivity index (χ0) is 11.8. The molecule has 1 aromatic rings. The summed E-state index contributed by atoms with van der Waals surface area (Å²) in [6.07, 6.45) is 5.36. The second-order valence-electron chi connectivity index (χ2n) is 4.40. The van der Waals surface area contributed by atoms with E-state index in [0.29, 0.717) is 11.7 Å². The highest BCUT2D eigenvalue weighted by Crippen LogP contribution is 2.28. The van der Waals surface area contributed by atoms with E-state index in [2.05, 4.69) is 15.3 Å². The molecule has 5 nitrogen and oxygen atoms in total. The van der Waals surface area contributed by atoms with Crippen LogP contribution in [0.1, 0.15) is 31.2 Å². The Labute approximate surface area is 94.5 Å². The first-order chi connectivity index (χ1) is 7.54. The van der Waals surface area contributed by atoms with E-state index >= 15 is 0 Å². The van der Waals surface area contributed by atoms with E-state index in [0.717, 1.165) is 18.5 Å².